The first-order valence-corrected chi connectivity index (χ1v) is 9.08. The fourth-order valence-electron chi connectivity index (χ4n) is 2.17. The Bertz CT molecular complexity index is 612. The molecular weight excluding hydrogens is 300 g/mol. The topological polar surface area (TPSA) is 66.5 Å². The molecule has 0 unspecified atom stereocenters. The molecule has 22 heavy (non-hydrogen) atoms. The third kappa shape index (κ3) is 5.42. The lowest BCUT2D eigenvalue weighted by Crippen LogP contribution is -2.38. The van der Waals surface area contributed by atoms with Crippen molar-refractivity contribution < 1.29 is 13.2 Å². The van der Waals surface area contributed by atoms with Crippen LogP contribution in [0.3, 0.4) is 0 Å². The van der Waals surface area contributed by atoms with Gasteiger partial charge >= 0.3 is 0 Å². The highest BCUT2D eigenvalue weighted by Gasteiger charge is 2.17. The molecule has 0 aliphatic rings. The maximum atomic E-state index is 12.4. The van der Waals surface area contributed by atoms with Gasteiger partial charge in [-0.2, -0.15) is 0 Å². The Morgan fingerprint density at radius 3 is 2.50 bits per heavy atom. The number of nitrogens with one attached hydrogen (secondary N) is 1. The number of unbranched alkanes of at least 4 members (excludes halogenated alkanes) is 1. The lowest BCUT2D eigenvalue weighted by molar-refractivity contribution is -0.128. The molecular formula is C16H26N2O3S. The summed E-state index contributed by atoms with van der Waals surface area (Å²) in [5.41, 5.74) is 1.62. The second kappa shape index (κ2) is 8.29. The minimum absolute atomic E-state index is 0.0283. The van der Waals surface area contributed by atoms with E-state index in [-0.39, 0.29) is 12.5 Å². The molecule has 0 bridgehead atoms. The van der Waals surface area contributed by atoms with Gasteiger partial charge in [0, 0.05) is 26.6 Å². The molecule has 124 valence electrons. The lowest BCUT2D eigenvalue weighted by atomic mass is 10.2. The number of carbonyl (C=O) groups excluding carboxylic acids is 1. The van der Waals surface area contributed by atoms with Crippen molar-refractivity contribution in [3.63, 3.8) is 0 Å². The fourth-order valence-corrected chi connectivity index (χ4v) is 3.51. The van der Waals surface area contributed by atoms with Crippen LogP contribution >= 0.6 is 0 Å². The summed E-state index contributed by atoms with van der Waals surface area (Å²) < 4.78 is 27.3. The molecule has 0 spiro atoms. The van der Waals surface area contributed by atoms with E-state index in [1.165, 1.54) is 6.92 Å². The number of benzene rings is 1. The second-order valence-corrected chi connectivity index (χ2v) is 7.26. The Kier molecular flexibility index (Phi) is 7.03. The van der Waals surface area contributed by atoms with Gasteiger partial charge in [0.15, 0.2) is 0 Å². The van der Waals surface area contributed by atoms with Crippen molar-refractivity contribution in [3.05, 3.63) is 29.3 Å². The Morgan fingerprint density at radius 1 is 1.23 bits per heavy atom. The third-order valence-electron chi connectivity index (χ3n) is 3.53. The number of hydrogen-bond acceptors (Lipinski definition) is 3. The standard InChI is InChI=1S/C16H26N2O3S/c1-5-6-10-18(15(4)19)11-9-17-22(20,21)16-12-13(2)7-8-14(16)3/h7-8,12,17H,5-6,9-11H2,1-4H3. The van der Waals surface area contributed by atoms with Gasteiger partial charge in [-0.25, -0.2) is 13.1 Å². The largest absolute Gasteiger partial charge is 0.342 e. The number of nitrogens with zero attached hydrogens (tertiary/aromatic N) is 1. The molecule has 0 radical (unpaired) electrons. The van der Waals surface area contributed by atoms with Crippen LogP contribution in [-0.4, -0.2) is 38.9 Å². The molecule has 0 aliphatic carbocycles. The van der Waals surface area contributed by atoms with Crippen LogP contribution in [-0.2, 0) is 14.8 Å². The summed E-state index contributed by atoms with van der Waals surface area (Å²) in [6.07, 6.45) is 1.92. The maximum absolute atomic E-state index is 12.4. The van der Waals surface area contributed by atoms with Gasteiger partial charge in [-0.15, -0.1) is 0 Å². The van der Waals surface area contributed by atoms with Gasteiger partial charge in [0.2, 0.25) is 15.9 Å². The zero-order valence-corrected chi connectivity index (χ0v) is 14.7. The molecule has 5 nitrogen and oxygen atoms in total. The molecule has 0 heterocycles. The number of sulfonamides is 1. The zero-order valence-electron chi connectivity index (χ0n) is 13.8. The minimum Gasteiger partial charge on any atom is -0.342 e. The van der Waals surface area contributed by atoms with Gasteiger partial charge in [0.25, 0.3) is 0 Å². The second-order valence-electron chi connectivity index (χ2n) is 5.53. The molecule has 1 rings (SSSR count). The predicted octanol–water partition coefficient (Wildman–Crippen LogP) is 2.23. The van der Waals surface area contributed by atoms with Gasteiger partial charge in [0.1, 0.15) is 0 Å². The fraction of sp³-hybridized carbons (Fsp3) is 0.562. The highest BCUT2D eigenvalue weighted by Crippen LogP contribution is 2.16. The molecule has 1 aromatic rings. The van der Waals surface area contributed by atoms with E-state index < -0.39 is 10.0 Å². The van der Waals surface area contributed by atoms with E-state index in [2.05, 4.69) is 11.6 Å². The molecule has 0 saturated heterocycles. The number of amides is 1. The van der Waals surface area contributed by atoms with Crippen molar-refractivity contribution in [2.45, 2.75) is 45.4 Å². The molecule has 1 amide bonds. The summed E-state index contributed by atoms with van der Waals surface area (Å²) in [4.78, 5) is 13.5. The van der Waals surface area contributed by atoms with Crippen LogP contribution in [0, 0.1) is 13.8 Å². The Hall–Kier alpha value is -1.40. The van der Waals surface area contributed by atoms with E-state index in [0.717, 1.165) is 18.4 Å². The van der Waals surface area contributed by atoms with Gasteiger partial charge in [0.05, 0.1) is 4.90 Å². The van der Waals surface area contributed by atoms with Crippen LogP contribution in [0.2, 0.25) is 0 Å². The van der Waals surface area contributed by atoms with Crippen LogP contribution in [0.5, 0.6) is 0 Å². The highest BCUT2D eigenvalue weighted by molar-refractivity contribution is 7.89. The van der Waals surface area contributed by atoms with Crippen molar-refractivity contribution in [3.8, 4) is 0 Å². The summed E-state index contributed by atoms with van der Waals surface area (Å²) in [6, 6.07) is 5.35. The first kappa shape index (κ1) is 18.6. The van der Waals surface area contributed by atoms with Crippen LogP contribution in [0.4, 0.5) is 0 Å². The van der Waals surface area contributed by atoms with Crippen molar-refractivity contribution >= 4 is 15.9 Å². The molecule has 1 N–H and O–H groups in total. The third-order valence-corrected chi connectivity index (χ3v) is 5.14. The molecule has 0 saturated carbocycles. The summed E-state index contributed by atoms with van der Waals surface area (Å²) in [5, 5.41) is 0. The average molecular weight is 326 g/mol. The van der Waals surface area contributed by atoms with E-state index in [4.69, 9.17) is 0 Å². The summed E-state index contributed by atoms with van der Waals surface area (Å²) in [7, 11) is -3.54. The first-order chi connectivity index (χ1) is 10.3. The van der Waals surface area contributed by atoms with Crippen molar-refractivity contribution in [2.24, 2.45) is 0 Å². The van der Waals surface area contributed by atoms with Crippen LogP contribution in [0.15, 0.2) is 23.1 Å². The normalized spacial score (nSPS) is 11.5. The quantitative estimate of drug-likeness (QED) is 0.796. The number of hydrogen-bond donors (Lipinski definition) is 1. The summed E-state index contributed by atoms with van der Waals surface area (Å²) in [5.74, 6) is -0.0283. The van der Waals surface area contributed by atoms with Crippen LogP contribution in [0.1, 0.15) is 37.8 Å². The monoisotopic (exact) mass is 326 g/mol. The summed E-state index contributed by atoms with van der Waals surface area (Å²) in [6.45, 7) is 8.48. The SMILES string of the molecule is CCCCN(CCNS(=O)(=O)c1cc(C)ccc1C)C(C)=O. The van der Waals surface area contributed by atoms with Crippen LogP contribution in [0.25, 0.3) is 0 Å². The molecule has 6 heteroatoms. The number of aryl methyl sites for hydroxylation is 2. The van der Waals surface area contributed by atoms with E-state index in [1.807, 2.05) is 13.0 Å². The Morgan fingerprint density at radius 2 is 1.91 bits per heavy atom. The molecule has 0 aromatic heterocycles. The number of rotatable bonds is 8. The van der Waals surface area contributed by atoms with E-state index >= 15 is 0 Å². The van der Waals surface area contributed by atoms with Crippen molar-refractivity contribution in [1.29, 1.82) is 0 Å². The zero-order chi connectivity index (χ0) is 16.8. The van der Waals surface area contributed by atoms with Gasteiger partial charge in [-0.3, -0.25) is 4.79 Å². The predicted molar refractivity (Wildman–Crippen MR) is 88.3 cm³/mol. The molecule has 0 fully saturated rings. The smallest absolute Gasteiger partial charge is 0.240 e. The average Bonchev–Trinajstić information content (AvgIpc) is 2.44. The van der Waals surface area contributed by atoms with E-state index in [0.29, 0.717) is 23.5 Å². The summed E-state index contributed by atoms with van der Waals surface area (Å²) >= 11 is 0. The van der Waals surface area contributed by atoms with Crippen molar-refractivity contribution in [2.75, 3.05) is 19.6 Å². The number of carbonyl (C=O) groups is 1. The first-order valence-electron chi connectivity index (χ1n) is 7.60. The van der Waals surface area contributed by atoms with Crippen LogP contribution < -0.4 is 4.72 Å². The van der Waals surface area contributed by atoms with Gasteiger partial charge in [-0.05, 0) is 37.5 Å². The minimum atomic E-state index is -3.54. The molecule has 1 aromatic carbocycles. The molecule has 0 atom stereocenters. The molecule has 0 aliphatic heterocycles. The Balaban J connectivity index is 2.69. The highest BCUT2D eigenvalue weighted by atomic mass is 32.2. The Labute approximate surface area is 133 Å². The maximum Gasteiger partial charge on any atom is 0.240 e. The van der Waals surface area contributed by atoms with Crippen molar-refractivity contribution in [1.82, 2.24) is 9.62 Å². The lowest BCUT2D eigenvalue weighted by Gasteiger charge is -2.21. The van der Waals surface area contributed by atoms with E-state index in [1.54, 1.807) is 24.0 Å². The van der Waals surface area contributed by atoms with Gasteiger partial charge in [-0.1, -0.05) is 25.5 Å². The van der Waals surface area contributed by atoms with E-state index in [9.17, 15) is 13.2 Å². The van der Waals surface area contributed by atoms with Gasteiger partial charge < -0.3 is 4.90 Å².